The number of benzene rings is 1. The smallest absolute Gasteiger partial charge is 0.257 e. The summed E-state index contributed by atoms with van der Waals surface area (Å²) in [6.07, 6.45) is 10.5. The molecule has 3 atom stereocenters. The number of halogens is 1. The number of nitrogens with zero attached hydrogens (tertiary/aromatic N) is 2. The fraction of sp³-hybridized carbons (Fsp3) is 0.320. The van der Waals surface area contributed by atoms with E-state index in [1.165, 1.54) is 17.7 Å². The highest BCUT2D eigenvalue weighted by Crippen LogP contribution is 2.39. The average Bonchev–Trinajstić information content (AvgIpc) is 2.78. The van der Waals surface area contributed by atoms with Crippen molar-refractivity contribution in [3.8, 4) is 0 Å². The molecule has 5 nitrogen and oxygen atoms in total. The van der Waals surface area contributed by atoms with Gasteiger partial charge in [-0.2, -0.15) is 0 Å². The maximum atomic E-state index is 12.5. The van der Waals surface area contributed by atoms with Gasteiger partial charge in [0.25, 0.3) is 5.91 Å². The molecular formula is C25H30ClN4OP. The van der Waals surface area contributed by atoms with Crippen LogP contribution in [0.15, 0.2) is 70.9 Å². The molecule has 2 N–H and O–H groups in total. The molecule has 0 saturated heterocycles. The van der Waals surface area contributed by atoms with Gasteiger partial charge in [-0.15, -0.1) is 0 Å². The molecular weight excluding hydrogens is 439 g/mol. The number of aromatic nitrogens is 1. The molecule has 1 aromatic carbocycles. The fourth-order valence-electron chi connectivity index (χ4n) is 3.33. The third-order valence-electron chi connectivity index (χ3n) is 5.06. The van der Waals surface area contributed by atoms with Crippen LogP contribution in [0.1, 0.15) is 56.1 Å². The van der Waals surface area contributed by atoms with E-state index < -0.39 is 0 Å². The molecule has 1 aliphatic rings. The van der Waals surface area contributed by atoms with E-state index >= 15 is 0 Å². The maximum absolute atomic E-state index is 12.5. The van der Waals surface area contributed by atoms with Crippen LogP contribution in [0.25, 0.3) is 0 Å². The first-order valence-electron chi connectivity index (χ1n) is 10.8. The van der Waals surface area contributed by atoms with Crippen LogP contribution in [0.2, 0.25) is 5.02 Å². The van der Waals surface area contributed by atoms with Crippen LogP contribution in [0.4, 0.5) is 5.69 Å². The van der Waals surface area contributed by atoms with Crippen molar-refractivity contribution in [1.29, 1.82) is 0 Å². The lowest BCUT2D eigenvalue weighted by Crippen LogP contribution is -2.30. The Bertz CT molecular complexity index is 1050. The Morgan fingerprint density at radius 3 is 2.78 bits per heavy atom. The largest absolute Gasteiger partial charge is 0.322 e. The van der Waals surface area contributed by atoms with Crippen molar-refractivity contribution < 1.29 is 4.79 Å². The number of amides is 1. The predicted octanol–water partition coefficient (Wildman–Crippen LogP) is 6.56. The van der Waals surface area contributed by atoms with Gasteiger partial charge in [0.05, 0.1) is 22.1 Å². The second-order valence-electron chi connectivity index (χ2n) is 8.18. The van der Waals surface area contributed by atoms with Crippen LogP contribution in [0.3, 0.4) is 0 Å². The minimum atomic E-state index is -0.238. The number of hydrogen-bond donors (Lipinski definition) is 2. The summed E-state index contributed by atoms with van der Waals surface area (Å²) >= 11 is 5.95. The SMILES string of the molecule is C/C=C1/N=CC(NC(C)c2cccc(NC(=O)c3cncc(Cl)c3)c2)P/C1=C\CC(C)C. The topological polar surface area (TPSA) is 66.4 Å². The molecule has 0 bridgehead atoms. The van der Waals surface area contributed by atoms with Gasteiger partial charge in [-0.3, -0.25) is 20.1 Å². The highest BCUT2D eigenvalue weighted by atomic mass is 35.5. The van der Waals surface area contributed by atoms with Crippen molar-refractivity contribution in [3.63, 3.8) is 0 Å². The molecule has 32 heavy (non-hydrogen) atoms. The number of pyridine rings is 1. The number of allylic oxidation sites excluding steroid dienone is 3. The van der Waals surface area contributed by atoms with E-state index in [1.54, 1.807) is 6.07 Å². The third-order valence-corrected chi connectivity index (χ3v) is 6.66. The Balaban J connectivity index is 1.67. The van der Waals surface area contributed by atoms with Crippen molar-refractivity contribution in [2.75, 3.05) is 5.32 Å². The minimum Gasteiger partial charge on any atom is -0.322 e. The zero-order valence-electron chi connectivity index (χ0n) is 18.9. The van der Waals surface area contributed by atoms with Crippen LogP contribution < -0.4 is 10.6 Å². The molecule has 1 amide bonds. The predicted molar refractivity (Wildman–Crippen MR) is 137 cm³/mol. The molecule has 0 saturated carbocycles. The molecule has 0 spiro atoms. The number of rotatable bonds is 7. The highest BCUT2D eigenvalue weighted by molar-refractivity contribution is 7.45. The quantitative estimate of drug-likeness (QED) is 0.452. The molecule has 1 aromatic heterocycles. The molecule has 0 radical (unpaired) electrons. The van der Waals surface area contributed by atoms with E-state index in [-0.39, 0.29) is 17.7 Å². The van der Waals surface area contributed by atoms with Crippen LogP contribution >= 0.6 is 20.2 Å². The normalized spacial score (nSPS) is 20.2. The second-order valence-corrected chi connectivity index (χ2v) is 10.1. The Morgan fingerprint density at radius 2 is 2.06 bits per heavy atom. The van der Waals surface area contributed by atoms with Crippen LogP contribution in [0.5, 0.6) is 0 Å². The van der Waals surface area contributed by atoms with Gasteiger partial charge in [0, 0.05) is 30.3 Å². The van der Waals surface area contributed by atoms with E-state index in [0.29, 0.717) is 25.1 Å². The molecule has 2 heterocycles. The van der Waals surface area contributed by atoms with Crippen molar-refractivity contribution in [1.82, 2.24) is 10.3 Å². The van der Waals surface area contributed by atoms with Crippen LogP contribution in [0, 0.1) is 5.92 Å². The molecule has 0 fully saturated rings. The number of nitrogens with one attached hydrogen (secondary N) is 2. The van der Waals surface area contributed by atoms with Crippen molar-refractivity contribution >= 4 is 38.0 Å². The van der Waals surface area contributed by atoms with Crippen molar-refractivity contribution in [3.05, 3.63) is 82.0 Å². The molecule has 3 rings (SSSR count). The molecule has 168 valence electrons. The van der Waals surface area contributed by atoms with Gasteiger partial charge in [0.1, 0.15) is 0 Å². The van der Waals surface area contributed by atoms with E-state index in [0.717, 1.165) is 23.4 Å². The van der Waals surface area contributed by atoms with Gasteiger partial charge < -0.3 is 5.32 Å². The minimum absolute atomic E-state index is 0.0992. The van der Waals surface area contributed by atoms with Gasteiger partial charge in [-0.05, 0) is 55.3 Å². The standard InChI is InChI=1S/C25H30ClN4OP/c1-5-22-23(10-9-16(2)3)32-24(15-28-22)29-17(4)18-7-6-8-21(12-18)30-25(31)19-11-20(26)14-27-13-19/h5-8,10-17,24,29,32H,9H2,1-4H3,(H,30,31)/b22-5+,23-10-. The number of hydrogen-bond acceptors (Lipinski definition) is 4. The summed E-state index contributed by atoms with van der Waals surface area (Å²) in [4.78, 5) is 21.2. The van der Waals surface area contributed by atoms with E-state index in [9.17, 15) is 4.79 Å². The molecule has 0 aliphatic carbocycles. The fourth-order valence-corrected chi connectivity index (χ4v) is 4.91. The Labute approximate surface area is 197 Å². The number of carbonyl (C=O) groups is 1. The summed E-state index contributed by atoms with van der Waals surface area (Å²) < 4.78 is 0. The van der Waals surface area contributed by atoms with Gasteiger partial charge in [0.2, 0.25) is 0 Å². The molecule has 1 aliphatic heterocycles. The molecule has 2 aromatic rings. The Hall–Kier alpha value is -2.33. The summed E-state index contributed by atoms with van der Waals surface area (Å²) in [6.45, 7) is 8.63. The first-order chi connectivity index (χ1) is 15.4. The lowest BCUT2D eigenvalue weighted by molar-refractivity contribution is 0.102. The van der Waals surface area contributed by atoms with Gasteiger partial charge in [-0.25, -0.2) is 0 Å². The van der Waals surface area contributed by atoms with Gasteiger partial charge >= 0.3 is 0 Å². The summed E-state index contributed by atoms with van der Waals surface area (Å²) in [7, 11) is 0.625. The van der Waals surface area contributed by atoms with E-state index in [4.69, 9.17) is 11.6 Å². The lowest BCUT2D eigenvalue weighted by atomic mass is 10.1. The number of carbonyl (C=O) groups excluding carboxylic acids is 1. The summed E-state index contributed by atoms with van der Waals surface area (Å²) in [5, 5.41) is 8.35. The average molecular weight is 469 g/mol. The second kappa shape index (κ2) is 11.5. The van der Waals surface area contributed by atoms with E-state index in [2.05, 4.69) is 59.6 Å². The highest BCUT2D eigenvalue weighted by Gasteiger charge is 2.19. The van der Waals surface area contributed by atoms with E-state index in [1.807, 2.05) is 31.3 Å². The summed E-state index contributed by atoms with van der Waals surface area (Å²) in [5.41, 5.74) is 3.33. The maximum Gasteiger partial charge on any atom is 0.257 e. The zero-order chi connectivity index (χ0) is 23.1. The first-order valence-corrected chi connectivity index (χ1v) is 12.3. The Kier molecular flexibility index (Phi) is 8.75. The third kappa shape index (κ3) is 6.83. The van der Waals surface area contributed by atoms with Crippen molar-refractivity contribution in [2.45, 2.75) is 45.9 Å². The monoisotopic (exact) mass is 468 g/mol. The molecule has 7 heteroatoms. The van der Waals surface area contributed by atoms with Crippen molar-refractivity contribution in [2.24, 2.45) is 10.9 Å². The summed E-state index contributed by atoms with van der Waals surface area (Å²) in [6, 6.07) is 9.57. The van der Waals surface area contributed by atoms with Gasteiger partial charge in [-0.1, -0.05) is 58.3 Å². The van der Waals surface area contributed by atoms with Crippen LogP contribution in [-0.2, 0) is 0 Å². The summed E-state index contributed by atoms with van der Waals surface area (Å²) in [5.74, 6) is 0.572. The zero-order valence-corrected chi connectivity index (χ0v) is 20.6. The molecule has 3 unspecified atom stereocenters. The lowest BCUT2D eigenvalue weighted by Gasteiger charge is -2.26. The first kappa shape index (κ1) is 24.3. The van der Waals surface area contributed by atoms with Crippen LogP contribution in [-0.4, -0.2) is 22.9 Å². The Morgan fingerprint density at radius 1 is 1.25 bits per heavy atom. The number of anilines is 1. The number of aliphatic imine (C=N–C) groups is 1. The van der Waals surface area contributed by atoms with Gasteiger partial charge in [0.15, 0.2) is 0 Å².